The molecule has 1 aromatic rings. The van der Waals surface area contributed by atoms with Gasteiger partial charge in [-0.1, -0.05) is 0 Å². The monoisotopic (exact) mass is 366 g/mol. The molecule has 1 aliphatic heterocycles. The van der Waals surface area contributed by atoms with Crippen LogP contribution in [0.2, 0.25) is 0 Å². The average Bonchev–Trinajstić information content (AvgIpc) is 3.11. The van der Waals surface area contributed by atoms with Crippen LogP contribution in [-0.4, -0.2) is 82.4 Å². The molecule has 0 amide bonds. The number of nitrogens with one attached hydrogen (secondary N) is 2. The molecule has 1 unspecified atom stereocenters. The maximum Gasteiger partial charge on any atom is 0.191 e. The van der Waals surface area contributed by atoms with Crippen molar-refractivity contribution in [3.63, 3.8) is 0 Å². The minimum Gasteiger partial charge on any atom is -0.383 e. The third kappa shape index (κ3) is 6.42. The maximum atomic E-state index is 13.9. The molecule has 2 N–H and O–H groups in total. The van der Waals surface area contributed by atoms with Gasteiger partial charge in [-0.25, -0.2) is 9.37 Å². The molecule has 1 aliphatic rings. The second-order valence-corrected chi connectivity index (χ2v) is 6.53. The molecule has 7 nitrogen and oxygen atoms in total. The SMILES string of the molecule is CN=C(NCCCN(C)CCOC)NC1CCN(c2ncccc2F)C1. The van der Waals surface area contributed by atoms with Crippen LogP contribution in [0.25, 0.3) is 0 Å². The molecular formula is C18H31FN6O. The Balaban J connectivity index is 1.69. The molecule has 26 heavy (non-hydrogen) atoms. The van der Waals surface area contributed by atoms with Crippen LogP contribution < -0.4 is 15.5 Å². The summed E-state index contributed by atoms with van der Waals surface area (Å²) < 4.78 is 19.0. The lowest BCUT2D eigenvalue weighted by molar-refractivity contribution is 0.161. The summed E-state index contributed by atoms with van der Waals surface area (Å²) in [7, 11) is 5.58. The van der Waals surface area contributed by atoms with Gasteiger partial charge in [-0.15, -0.1) is 0 Å². The third-order valence-electron chi connectivity index (χ3n) is 4.48. The van der Waals surface area contributed by atoms with Crippen LogP contribution in [-0.2, 0) is 4.74 Å². The van der Waals surface area contributed by atoms with Crippen molar-refractivity contribution in [2.45, 2.75) is 18.9 Å². The number of nitrogens with zero attached hydrogens (tertiary/aromatic N) is 4. The Morgan fingerprint density at radius 3 is 3.08 bits per heavy atom. The van der Waals surface area contributed by atoms with E-state index in [0.717, 1.165) is 51.6 Å². The van der Waals surface area contributed by atoms with Gasteiger partial charge in [0, 0.05) is 52.6 Å². The highest BCUT2D eigenvalue weighted by Gasteiger charge is 2.25. The largest absolute Gasteiger partial charge is 0.383 e. The summed E-state index contributed by atoms with van der Waals surface area (Å²) in [5.41, 5.74) is 0. The van der Waals surface area contributed by atoms with Crippen LogP contribution in [0.15, 0.2) is 23.3 Å². The van der Waals surface area contributed by atoms with Crippen molar-refractivity contribution in [1.29, 1.82) is 0 Å². The highest BCUT2D eigenvalue weighted by atomic mass is 19.1. The molecule has 0 spiro atoms. The van der Waals surface area contributed by atoms with Crippen LogP contribution in [0.3, 0.4) is 0 Å². The van der Waals surface area contributed by atoms with Crippen LogP contribution in [0.1, 0.15) is 12.8 Å². The summed E-state index contributed by atoms with van der Waals surface area (Å²) in [5.74, 6) is 0.949. The number of likely N-dealkylation sites (N-methyl/N-ethyl adjacent to an activating group) is 1. The molecule has 2 heterocycles. The van der Waals surface area contributed by atoms with Crippen molar-refractivity contribution in [2.75, 3.05) is 65.4 Å². The molecule has 0 aliphatic carbocycles. The van der Waals surface area contributed by atoms with Gasteiger partial charge < -0.3 is 25.2 Å². The van der Waals surface area contributed by atoms with Crippen molar-refractivity contribution < 1.29 is 9.13 Å². The summed E-state index contributed by atoms with van der Waals surface area (Å²) in [6, 6.07) is 3.29. The van der Waals surface area contributed by atoms with E-state index in [1.807, 2.05) is 4.90 Å². The number of anilines is 1. The second kappa shape index (κ2) is 10.9. The predicted molar refractivity (Wildman–Crippen MR) is 103 cm³/mol. The lowest BCUT2D eigenvalue weighted by atomic mass is 10.3. The lowest BCUT2D eigenvalue weighted by Crippen LogP contribution is -2.45. The van der Waals surface area contributed by atoms with Crippen molar-refractivity contribution in [3.05, 3.63) is 24.1 Å². The minimum absolute atomic E-state index is 0.229. The number of methoxy groups -OCH3 is 1. The molecule has 1 aromatic heterocycles. The summed E-state index contributed by atoms with van der Waals surface area (Å²) in [6.07, 6.45) is 3.58. The molecule has 1 saturated heterocycles. The summed E-state index contributed by atoms with van der Waals surface area (Å²) in [6.45, 7) is 5.04. The summed E-state index contributed by atoms with van der Waals surface area (Å²) >= 11 is 0. The predicted octanol–water partition coefficient (Wildman–Crippen LogP) is 0.933. The molecule has 146 valence electrons. The van der Waals surface area contributed by atoms with Gasteiger partial charge in [-0.05, 0) is 38.6 Å². The van der Waals surface area contributed by atoms with Crippen molar-refractivity contribution in [3.8, 4) is 0 Å². The van der Waals surface area contributed by atoms with Gasteiger partial charge in [0.2, 0.25) is 0 Å². The van der Waals surface area contributed by atoms with Crippen molar-refractivity contribution in [2.24, 2.45) is 4.99 Å². The molecule has 0 bridgehead atoms. The van der Waals surface area contributed by atoms with Gasteiger partial charge in [-0.2, -0.15) is 0 Å². The van der Waals surface area contributed by atoms with E-state index < -0.39 is 0 Å². The zero-order chi connectivity index (χ0) is 18.8. The van der Waals surface area contributed by atoms with Crippen molar-refractivity contribution in [1.82, 2.24) is 20.5 Å². The average molecular weight is 366 g/mol. The molecular weight excluding hydrogens is 335 g/mol. The minimum atomic E-state index is -0.270. The normalized spacial score (nSPS) is 17.8. The fraction of sp³-hybridized carbons (Fsp3) is 0.667. The van der Waals surface area contributed by atoms with Gasteiger partial charge in [-0.3, -0.25) is 4.99 Å². The fourth-order valence-corrected chi connectivity index (χ4v) is 2.98. The maximum absolute atomic E-state index is 13.9. The number of ether oxygens (including phenoxy) is 1. The van der Waals surface area contributed by atoms with E-state index in [2.05, 4.69) is 32.6 Å². The first kappa shape index (κ1) is 20.4. The lowest BCUT2D eigenvalue weighted by Gasteiger charge is -2.20. The number of hydrogen-bond acceptors (Lipinski definition) is 5. The van der Waals surface area contributed by atoms with E-state index in [9.17, 15) is 4.39 Å². The Kier molecular flexibility index (Phi) is 8.57. The Morgan fingerprint density at radius 1 is 1.50 bits per heavy atom. The third-order valence-corrected chi connectivity index (χ3v) is 4.48. The molecule has 0 saturated carbocycles. The summed E-state index contributed by atoms with van der Waals surface area (Å²) in [4.78, 5) is 12.7. The van der Waals surface area contributed by atoms with Gasteiger partial charge in [0.15, 0.2) is 17.6 Å². The smallest absolute Gasteiger partial charge is 0.191 e. The van der Waals surface area contributed by atoms with Crippen LogP contribution >= 0.6 is 0 Å². The molecule has 1 fully saturated rings. The number of pyridine rings is 1. The number of hydrogen-bond donors (Lipinski definition) is 2. The number of aromatic nitrogens is 1. The highest BCUT2D eigenvalue weighted by Crippen LogP contribution is 2.20. The second-order valence-electron chi connectivity index (χ2n) is 6.53. The standard InChI is InChI=1S/C18H31FN6O/c1-20-18(22-9-5-10-24(2)12-13-26-3)23-15-7-11-25(14-15)17-16(19)6-4-8-21-17/h4,6,8,15H,5,7,9-14H2,1-3H3,(H2,20,22,23). The van der Waals surface area contributed by atoms with E-state index >= 15 is 0 Å². The summed E-state index contributed by atoms with van der Waals surface area (Å²) in [5, 5.41) is 6.77. The van der Waals surface area contributed by atoms with Crippen LogP contribution in [0.5, 0.6) is 0 Å². The molecule has 0 aromatic carbocycles. The quantitative estimate of drug-likeness (QED) is 0.385. The van der Waals surface area contributed by atoms with Crippen LogP contribution in [0.4, 0.5) is 10.2 Å². The number of rotatable bonds is 9. The van der Waals surface area contributed by atoms with Gasteiger partial charge in [0.25, 0.3) is 0 Å². The van der Waals surface area contributed by atoms with E-state index in [0.29, 0.717) is 12.4 Å². The highest BCUT2D eigenvalue weighted by molar-refractivity contribution is 5.80. The molecule has 8 heteroatoms. The zero-order valence-corrected chi connectivity index (χ0v) is 16.0. The molecule has 0 radical (unpaired) electrons. The fourth-order valence-electron chi connectivity index (χ4n) is 2.98. The molecule has 2 rings (SSSR count). The van der Waals surface area contributed by atoms with Gasteiger partial charge in [0.05, 0.1) is 6.61 Å². The van der Waals surface area contributed by atoms with Gasteiger partial charge in [0.1, 0.15) is 0 Å². The van der Waals surface area contributed by atoms with Gasteiger partial charge >= 0.3 is 0 Å². The number of guanidine groups is 1. The van der Waals surface area contributed by atoms with Crippen molar-refractivity contribution >= 4 is 11.8 Å². The topological polar surface area (TPSA) is 65.0 Å². The Hall–Kier alpha value is -1.93. The Morgan fingerprint density at radius 2 is 2.35 bits per heavy atom. The first-order chi connectivity index (χ1) is 12.6. The Labute approximate surface area is 155 Å². The Bertz CT molecular complexity index is 570. The van der Waals surface area contributed by atoms with Crippen LogP contribution in [0, 0.1) is 5.82 Å². The molecule has 1 atom stereocenters. The van der Waals surface area contributed by atoms with E-state index in [4.69, 9.17) is 4.74 Å². The first-order valence-electron chi connectivity index (χ1n) is 9.14. The number of halogens is 1. The zero-order valence-electron chi connectivity index (χ0n) is 16.0. The van der Waals surface area contributed by atoms with E-state index in [1.54, 1.807) is 26.4 Å². The number of aliphatic imine (C=N–C) groups is 1. The van der Waals surface area contributed by atoms with E-state index in [1.165, 1.54) is 6.07 Å². The van der Waals surface area contributed by atoms with E-state index in [-0.39, 0.29) is 11.9 Å². The first-order valence-corrected chi connectivity index (χ1v) is 9.14.